The van der Waals surface area contributed by atoms with Gasteiger partial charge in [-0.05, 0) is 25.5 Å². The van der Waals surface area contributed by atoms with Gasteiger partial charge in [0.05, 0.1) is 22.3 Å². The van der Waals surface area contributed by atoms with Gasteiger partial charge in [-0.3, -0.25) is 4.72 Å². The third-order valence-electron chi connectivity index (χ3n) is 3.28. The predicted molar refractivity (Wildman–Crippen MR) is 93.9 cm³/mol. The van der Waals surface area contributed by atoms with E-state index in [1.54, 1.807) is 19.9 Å². The predicted octanol–water partition coefficient (Wildman–Crippen LogP) is 3.08. The SMILES string of the molecule is CCOc1nc(F)cc2nc(S(=O)(=O)Nc3c(Cl)ccc(C)c3Cl)nn12. The van der Waals surface area contributed by atoms with Gasteiger partial charge in [0.2, 0.25) is 5.95 Å². The zero-order valence-electron chi connectivity index (χ0n) is 13.5. The van der Waals surface area contributed by atoms with Crippen LogP contribution in [0.15, 0.2) is 23.4 Å². The summed E-state index contributed by atoms with van der Waals surface area (Å²) < 4.78 is 47.2. The summed E-state index contributed by atoms with van der Waals surface area (Å²) in [4.78, 5) is 7.35. The lowest BCUT2D eigenvalue weighted by atomic mass is 10.2. The summed E-state index contributed by atoms with van der Waals surface area (Å²) in [6, 6.07) is 3.86. The number of aryl methyl sites for hydroxylation is 1. The van der Waals surface area contributed by atoms with Crippen LogP contribution in [0.2, 0.25) is 10.0 Å². The first kappa shape index (κ1) is 18.6. The summed E-state index contributed by atoms with van der Waals surface area (Å²) >= 11 is 12.1. The maximum Gasteiger partial charge on any atom is 0.322 e. The quantitative estimate of drug-likeness (QED) is 0.637. The van der Waals surface area contributed by atoms with Crippen LogP contribution in [0.25, 0.3) is 5.65 Å². The molecule has 2 heterocycles. The molecule has 0 saturated carbocycles. The molecule has 1 aromatic carbocycles. The molecule has 0 bridgehead atoms. The molecular weight excluding hydrogens is 408 g/mol. The summed E-state index contributed by atoms with van der Waals surface area (Å²) in [5, 5.41) is 3.48. The molecule has 3 rings (SSSR count). The van der Waals surface area contributed by atoms with Crippen molar-refractivity contribution in [3.8, 4) is 6.01 Å². The van der Waals surface area contributed by atoms with Crippen LogP contribution >= 0.6 is 23.2 Å². The van der Waals surface area contributed by atoms with Gasteiger partial charge < -0.3 is 4.74 Å². The van der Waals surface area contributed by atoms with Gasteiger partial charge in [-0.2, -0.15) is 27.3 Å². The average molecular weight is 420 g/mol. The molecule has 26 heavy (non-hydrogen) atoms. The van der Waals surface area contributed by atoms with Crippen LogP contribution in [0.1, 0.15) is 12.5 Å². The van der Waals surface area contributed by atoms with Crippen molar-refractivity contribution in [2.45, 2.75) is 19.0 Å². The van der Waals surface area contributed by atoms with E-state index in [0.717, 1.165) is 10.6 Å². The van der Waals surface area contributed by atoms with E-state index in [1.807, 2.05) is 0 Å². The van der Waals surface area contributed by atoms with Crippen molar-refractivity contribution in [1.82, 2.24) is 19.6 Å². The first-order chi connectivity index (χ1) is 12.2. The molecule has 12 heteroatoms. The van der Waals surface area contributed by atoms with Crippen LogP contribution in [0.4, 0.5) is 10.1 Å². The molecule has 0 aliphatic heterocycles. The molecule has 0 saturated heterocycles. The van der Waals surface area contributed by atoms with Gasteiger partial charge in [0, 0.05) is 6.07 Å². The van der Waals surface area contributed by atoms with Crippen LogP contribution in [-0.4, -0.2) is 34.6 Å². The summed E-state index contributed by atoms with van der Waals surface area (Å²) in [5.74, 6) is -0.880. The lowest BCUT2D eigenvalue weighted by Gasteiger charge is -2.10. The van der Waals surface area contributed by atoms with Crippen molar-refractivity contribution in [3.63, 3.8) is 0 Å². The normalized spacial score (nSPS) is 11.7. The van der Waals surface area contributed by atoms with E-state index in [9.17, 15) is 12.8 Å². The van der Waals surface area contributed by atoms with E-state index in [2.05, 4.69) is 19.8 Å². The van der Waals surface area contributed by atoms with Crippen LogP contribution in [0.3, 0.4) is 0 Å². The summed E-state index contributed by atoms with van der Waals surface area (Å²) in [6.45, 7) is 3.54. The van der Waals surface area contributed by atoms with Crippen LogP contribution < -0.4 is 9.46 Å². The maximum atomic E-state index is 13.6. The van der Waals surface area contributed by atoms with Gasteiger partial charge in [0.1, 0.15) is 0 Å². The summed E-state index contributed by atoms with van der Waals surface area (Å²) in [7, 11) is -4.25. The fraction of sp³-hybridized carbons (Fsp3) is 0.214. The Hall–Kier alpha value is -2.17. The maximum absolute atomic E-state index is 13.6. The summed E-state index contributed by atoms with van der Waals surface area (Å²) in [6.07, 6.45) is 0. The second-order valence-corrected chi connectivity index (χ2v) is 7.48. The second kappa shape index (κ2) is 6.86. The molecule has 3 aromatic rings. The molecule has 0 fully saturated rings. The lowest BCUT2D eigenvalue weighted by molar-refractivity contribution is 0.296. The van der Waals surface area contributed by atoms with Gasteiger partial charge in [-0.15, -0.1) is 5.10 Å². The fourth-order valence-electron chi connectivity index (χ4n) is 2.08. The van der Waals surface area contributed by atoms with E-state index in [1.165, 1.54) is 6.07 Å². The molecule has 8 nitrogen and oxygen atoms in total. The number of hydrogen-bond donors (Lipinski definition) is 1. The van der Waals surface area contributed by atoms with Crippen molar-refractivity contribution < 1.29 is 17.5 Å². The van der Waals surface area contributed by atoms with Gasteiger partial charge >= 0.3 is 6.01 Å². The number of nitrogens with zero attached hydrogens (tertiary/aromatic N) is 4. The Morgan fingerprint density at radius 3 is 2.73 bits per heavy atom. The Labute approximate surface area is 158 Å². The van der Waals surface area contributed by atoms with Crippen molar-refractivity contribution >= 4 is 44.6 Å². The third kappa shape index (κ3) is 3.39. The first-order valence-corrected chi connectivity index (χ1v) is 9.50. The van der Waals surface area contributed by atoms with Crippen LogP contribution in [0.5, 0.6) is 6.01 Å². The highest BCUT2D eigenvalue weighted by Gasteiger charge is 2.25. The number of sulfonamides is 1. The second-order valence-electron chi connectivity index (χ2n) is 5.12. The Bertz CT molecular complexity index is 1100. The monoisotopic (exact) mass is 419 g/mol. The number of nitrogens with one attached hydrogen (secondary N) is 1. The van der Waals surface area contributed by atoms with E-state index in [4.69, 9.17) is 27.9 Å². The van der Waals surface area contributed by atoms with Gasteiger partial charge in [-0.25, -0.2) is 0 Å². The number of halogens is 3. The Balaban J connectivity index is 2.08. The molecule has 0 aliphatic carbocycles. The number of fused-ring (bicyclic) bond motifs is 1. The van der Waals surface area contributed by atoms with E-state index in [-0.39, 0.29) is 34.0 Å². The van der Waals surface area contributed by atoms with Crippen LogP contribution in [0, 0.1) is 12.9 Å². The standard InChI is InChI=1S/C14H12Cl2FN5O3S/c1-3-25-14-18-9(17)6-10-19-13(20-22(10)14)26(23,24)21-12-8(15)5-4-7(2)11(12)16/h4-6,21H,3H2,1-2H3. The van der Waals surface area contributed by atoms with Crippen molar-refractivity contribution in [2.75, 3.05) is 11.3 Å². The minimum absolute atomic E-state index is 0.00141. The molecule has 1 N–H and O–H groups in total. The molecule has 2 aromatic heterocycles. The molecule has 0 radical (unpaired) electrons. The minimum atomic E-state index is -4.25. The Kier molecular flexibility index (Phi) is 4.91. The smallest absolute Gasteiger partial charge is 0.322 e. The lowest BCUT2D eigenvalue weighted by Crippen LogP contribution is -2.15. The molecule has 0 spiro atoms. The van der Waals surface area contributed by atoms with E-state index >= 15 is 0 Å². The number of aromatic nitrogens is 4. The minimum Gasteiger partial charge on any atom is -0.464 e. The summed E-state index contributed by atoms with van der Waals surface area (Å²) in [5.41, 5.74) is 0.547. The molecular formula is C14H12Cl2FN5O3S. The fourth-order valence-corrected chi connectivity index (χ4v) is 3.63. The molecule has 0 unspecified atom stereocenters. The van der Waals surface area contributed by atoms with Crippen molar-refractivity contribution in [2.24, 2.45) is 0 Å². The van der Waals surface area contributed by atoms with Crippen LogP contribution in [-0.2, 0) is 10.0 Å². The molecule has 0 atom stereocenters. The first-order valence-electron chi connectivity index (χ1n) is 7.26. The van der Waals surface area contributed by atoms with Gasteiger partial charge in [-0.1, -0.05) is 29.3 Å². The highest BCUT2D eigenvalue weighted by Crippen LogP contribution is 2.34. The highest BCUT2D eigenvalue weighted by molar-refractivity contribution is 7.92. The molecule has 0 aliphatic rings. The van der Waals surface area contributed by atoms with Gasteiger partial charge in [0.25, 0.3) is 15.2 Å². The van der Waals surface area contributed by atoms with E-state index in [0.29, 0.717) is 5.56 Å². The number of anilines is 1. The zero-order chi connectivity index (χ0) is 19.1. The number of benzene rings is 1. The number of ether oxygens (including phenoxy) is 1. The van der Waals surface area contributed by atoms with E-state index < -0.39 is 21.1 Å². The molecule has 138 valence electrons. The Morgan fingerprint density at radius 2 is 2.04 bits per heavy atom. The molecule has 0 amide bonds. The van der Waals surface area contributed by atoms with Crippen molar-refractivity contribution in [1.29, 1.82) is 0 Å². The van der Waals surface area contributed by atoms with Gasteiger partial charge in [0.15, 0.2) is 5.65 Å². The highest BCUT2D eigenvalue weighted by atomic mass is 35.5. The van der Waals surface area contributed by atoms with Crippen molar-refractivity contribution in [3.05, 3.63) is 39.8 Å². The Morgan fingerprint density at radius 1 is 1.31 bits per heavy atom. The average Bonchev–Trinajstić information content (AvgIpc) is 3.00. The largest absolute Gasteiger partial charge is 0.464 e. The topological polar surface area (TPSA) is 98.5 Å². The third-order valence-corrected chi connectivity index (χ3v) is 5.21. The number of rotatable bonds is 5. The zero-order valence-corrected chi connectivity index (χ0v) is 15.8. The number of hydrogen-bond acceptors (Lipinski definition) is 6.